The van der Waals surface area contributed by atoms with Crippen LogP contribution in [0.5, 0.6) is 0 Å². The smallest absolute Gasteiger partial charge is 0.311 e. The van der Waals surface area contributed by atoms with Gasteiger partial charge in [-0.05, 0) is 18.8 Å². The fourth-order valence-corrected chi connectivity index (χ4v) is 3.63. The Morgan fingerprint density at radius 1 is 1.74 bits per heavy atom. The molecule has 0 aromatic rings. The molecule has 2 aliphatic carbocycles. The van der Waals surface area contributed by atoms with E-state index in [1.54, 1.807) is 12.3 Å². The number of carbonyl (C=O) groups is 1. The highest BCUT2D eigenvalue weighted by molar-refractivity contribution is 7.41. The molecule has 3 aliphatic rings. The van der Waals surface area contributed by atoms with Gasteiger partial charge in [-0.3, -0.25) is 4.79 Å². The predicted octanol–water partition coefficient (Wildman–Crippen LogP) is 1.74. The van der Waals surface area contributed by atoms with E-state index in [1.165, 1.54) is 0 Å². The summed E-state index contributed by atoms with van der Waals surface area (Å²) in [6.45, 7) is 2.12. The molecule has 6 heteroatoms. The summed E-state index contributed by atoms with van der Waals surface area (Å²) in [5, 5.41) is 20.1. The summed E-state index contributed by atoms with van der Waals surface area (Å²) in [5.74, 6) is -0.428. The molecular weight excluding hydrogens is 261 g/mol. The summed E-state index contributed by atoms with van der Waals surface area (Å²) in [4.78, 5) is 15.7. The van der Waals surface area contributed by atoms with Crippen LogP contribution in [0.1, 0.15) is 19.8 Å². The summed E-state index contributed by atoms with van der Waals surface area (Å²) in [5.41, 5.74) is 2.06. The fraction of sp³-hybridized carbons (Fsp3) is 0.462. The molecule has 3 rings (SSSR count). The first-order chi connectivity index (χ1) is 8.93. The van der Waals surface area contributed by atoms with E-state index in [0.29, 0.717) is 11.3 Å². The molecule has 3 N–H and O–H groups in total. The zero-order valence-electron chi connectivity index (χ0n) is 10.6. The van der Waals surface area contributed by atoms with Gasteiger partial charge in [0.1, 0.15) is 5.82 Å². The molecule has 0 saturated heterocycles. The van der Waals surface area contributed by atoms with Gasteiger partial charge in [0.25, 0.3) is 0 Å². The molecule has 1 saturated carbocycles. The lowest BCUT2D eigenvalue weighted by molar-refractivity contribution is -0.144. The lowest BCUT2D eigenvalue weighted by Crippen LogP contribution is -2.42. The Labute approximate surface area is 113 Å². The van der Waals surface area contributed by atoms with Crippen molar-refractivity contribution < 1.29 is 9.90 Å². The molecule has 1 fully saturated rings. The normalized spacial score (nSPS) is 37.5. The number of aliphatic carboxylic acids is 1. The number of carboxylic acid groups (broad SMARTS) is 1. The SMILES string of the molecule is CC12CCC1C(C(=O)O)C1=C2N/C(=C\C(=N)P)N=C1. The third-order valence-corrected chi connectivity index (χ3v) is 4.71. The number of aliphatic imine (C=N–C) groups is 1. The van der Waals surface area contributed by atoms with Crippen molar-refractivity contribution in [2.45, 2.75) is 19.8 Å². The van der Waals surface area contributed by atoms with Crippen molar-refractivity contribution in [2.75, 3.05) is 0 Å². The summed E-state index contributed by atoms with van der Waals surface area (Å²) >= 11 is 0. The highest BCUT2D eigenvalue weighted by Gasteiger charge is 2.59. The molecule has 4 atom stereocenters. The minimum atomic E-state index is -0.764. The molecular formula is C13H16N3O2P. The van der Waals surface area contributed by atoms with Gasteiger partial charge in [0.2, 0.25) is 0 Å². The van der Waals surface area contributed by atoms with Gasteiger partial charge in [0.05, 0.1) is 11.4 Å². The second-order valence-electron chi connectivity index (χ2n) is 5.58. The van der Waals surface area contributed by atoms with Gasteiger partial charge in [0.15, 0.2) is 0 Å². The Morgan fingerprint density at radius 2 is 2.47 bits per heavy atom. The van der Waals surface area contributed by atoms with Gasteiger partial charge in [-0.15, -0.1) is 0 Å². The van der Waals surface area contributed by atoms with E-state index in [9.17, 15) is 9.90 Å². The third kappa shape index (κ3) is 1.68. The number of nitrogens with one attached hydrogen (secondary N) is 2. The molecule has 0 aromatic carbocycles. The molecule has 1 heterocycles. The van der Waals surface area contributed by atoms with Crippen LogP contribution < -0.4 is 5.32 Å². The van der Waals surface area contributed by atoms with Crippen molar-refractivity contribution in [1.29, 1.82) is 5.41 Å². The number of carboxylic acids is 1. The van der Waals surface area contributed by atoms with Crippen LogP contribution in [0.4, 0.5) is 0 Å². The molecule has 100 valence electrons. The van der Waals surface area contributed by atoms with Gasteiger partial charge < -0.3 is 15.8 Å². The van der Waals surface area contributed by atoms with Crippen LogP contribution in [0.2, 0.25) is 0 Å². The number of hydrogen-bond acceptors (Lipinski definition) is 4. The van der Waals surface area contributed by atoms with E-state index in [2.05, 4.69) is 26.5 Å². The summed E-state index contributed by atoms with van der Waals surface area (Å²) in [7, 11) is 2.30. The molecule has 0 bridgehead atoms. The highest BCUT2D eigenvalue weighted by Crippen LogP contribution is 2.61. The van der Waals surface area contributed by atoms with Crippen LogP contribution in [0.25, 0.3) is 0 Å². The van der Waals surface area contributed by atoms with Crippen LogP contribution >= 0.6 is 9.24 Å². The van der Waals surface area contributed by atoms with E-state index in [-0.39, 0.29) is 11.3 Å². The van der Waals surface area contributed by atoms with Gasteiger partial charge in [-0.2, -0.15) is 0 Å². The Morgan fingerprint density at radius 3 is 3.00 bits per heavy atom. The Hall–Kier alpha value is -1.48. The minimum Gasteiger partial charge on any atom is -0.481 e. The molecule has 1 aliphatic heterocycles. The predicted molar refractivity (Wildman–Crippen MR) is 76.1 cm³/mol. The van der Waals surface area contributed by atoms with E-state index >= 15 is 0 Å². The summed E-state index contributed by atoms with van der Waals surface area (Å²) in [6.07, 6.45) is 5.24. The standard InChI is InChI=1S/C13H16N3O2P/c1-13-3-2-7(13)10(12(17)18)6-5-15-9(4-8(14)19)16-11(6)13/h4-5,7,10,14,16H,2-3,19H2,1H3,(H,17,18)/b9-4-,14-8?. The maximum absolute atomic E-state index is 11.5. The maximum Gasteiger partial charge on any atom is 0.311 e. The Bertz CT molecular complexity index is 578. The van der Waals surface area contributed by atoms with Crippen molar-refractivity contribution >= 4 is 26.9 Å². The Kier molecular flexibility index (Phi) is 2.65. The third-order valence-electron chi connectivity index (χ3n) is 4.54. The first-order valence-electron chi connectivity index (χ1n) is 6.28. The van der Waals surface area contributed by atoms with E-state index < -0.39 is 11.9 Å². The monoisotopic (exact) mass is 277 g/mol. The summed E-state index contributed by atoms with van der Waals surface area (Å²) < 4.78 is 0. The number of nitrogens with zero attached hydrogens (tertiary/aromatic N) is 1. The first-order valence-corrected chi connectivity index (χ1v) is 6.85. The molecule has 5 nitrogen and oxygen atoms in total. The summed E-state index contributed by atoms with van der Waals surface area (Å²) in [6, 6.07) is 0. The van der Waals surface area contributed by atoms with Crippen LogP contribution in [-0.2, 0) is 4.79 Å². The number of fused-ring (bicyclic) bond motifs is 2. The second-order valence-corrected chi connectivity index (χ2v) is 6.20. The van der Waals surface area contributed by atoms with Gasteiger partial charge in [-0.1, -0.05) is 16.2 Å². The molecule has 4 unspecified atom stereocenters. The molecule has 19 heavy (non-hydrogen) atoms. The van der Waals surface area contributed by atoms with Crippen LogP contribution in [0, 0.1) is 22.7 Å². The van der Waals surface area contributed by atoms with Crippen molar-refractivity contribution in [3.63, 3.8) is 0 Å². The van der Waals surface area contributed by atoms with Crippen LogP contribution in [0.3, 0.4) is 0 Å². The van der Waals surface area contributed by atoms with Crippen LogP contribution in [-0.4, -0.2) is 22.7 Å². The minimum absolute atomic E-state index is 0.0764. The second kappa shape index (κ2) is 4.01. The number of rotatable bonds is 2. The zero-order chi connectivity index (χ0) is 13.8. The average molecular weight is 277 g/mol. The lowest BCUT2D eigenvalue weighted by atomic mass is 9.59. The van der Waals surface area contributed by atoms with Crippen molar-refractivity contribution in [1.82, 2.24) is 5.32 Å². The molecule has 0 aromatic heterocycles. The lowest BCUT2D eigenvalue weighted by Gasteiger charge is -2.45. The topological polar surface area (TPSA) is 85.5 Å². The molecule has 0 radical (unpaired) electrons. The first kappa shape index (κ1) is 12.5. The quantitative estimate of drug-likeness (QED) is 0.531. The molecule has 0 spiro atoms. The van der Waals surface area contributed by atoms with Crippen LogP contribution in [0.15, 0.2) is 28.2 Å². The maximum atomic E-state index is 11.5. The van der Waals surface area contributed by atoms with Gasteiger partial charge in [0, 0.05) is 29.0 Å². The van der Waals surface area contributed by atoms with Crippen molar-refractivity contribution in [3.05, 3.63) is 23.2 Å². The highest BCUT2D eigenvalue weighted by atomic mass is 31.0. The number of allylic oxidation sites excluding steroid dienone is 2. The average Bonchev–Trinajstić information content (AvgIpc) is 2.47. The van der Waals surface area contributed by atoms with Gasteiger partial charge in [-0.25, -0.2) is 4.99 Å². The van der Waals surface area contributed by atoms with Crippen molar-refractivity contribution in [3.8, 4) is 0 Å². The Balaban J connectivity index is 2.01. The molecule has 0 amide bonds. The van der Waals surface area contributed by atoms with E-state index in [0.717, 1.165) is 24.1 Å². The van der Waals surface area contributed by atoms with E-state index in [1.807, 2.05) is 0 Å². The fourth-order valence-electron chi connectivity index (χ4n) is 3.48. The largest absolute Gasteiger partial charge is 0.481 e. The number of hydrogen-bond donors (Lipinski definition) is 3. The van der Waals surface area contributed by atoms with Gasteiger partial charge >= 0.3 is 5.97 Å². The zero-order valence-corrected chi connectivity index (χ0v) is 11.8. The van der Waals surface area contributed by atoms with E-state index in [4.69, 9.17) is 5.41 Å². The van der Waals surface area contributed by atoms with Crippen molar-refractivity contribution in [2.24, 2.45) is 22.2 Å².